The van der Waals surface area contributed by atoms with Crippen molar-refractivity contribution >= 4 is 11.0 Å². The van der Waals surface area contributed by atoms with E-state index in [2.05, 4.69) is 43.0 Å². The number of fused-ring (bicyclic) bond motifs is 1. The van der Waals surface area contributed by atoms with Crippen LogP contribution < -0.4 is 10.9 Å². The van der Waals surface area contributed by atoms with Crippen molar-refractivity contribution in [2.75, 3.05) is 0 Å². The predicted octanol–water partition coefficient (Wildman–Crippen LogP) is 2.27. The summed E-state index contributed by atoms with van der Waals surface area (Å²) in [4.78, 5) is 21.3. The molecule has 1 saturated heterocycles. The average molecular weight is 286 g/mol. The Morgan fingerprint density at radius 3 is 2.52 bits per heavy atom. The van der Waals surface area contributed by atoms with Crippen LogP contribution in [0.15, 0.2) is 29.5 Å². The third kappa shape index (κ3) is 2.70. The summed E-state index contributed by atoms with van der Waals surface area (Å²) < 4.78 is 1.76. The van der Waals surface area contributed by atoms with Crippen LogP contribution in [0.4, 0.5) is 0 Å². The van der Waals surface area contributed by atoms with Crippen LogP contribution in [0.25, 0.3) is 11.0 Å². The third-order valence-corrected chi connectivity index (χ3v) is 4.11. The molecular weight excluding hydrogens is 264 g/mol. The van der Waals surface area contributed by atoms with Gasteiger partial charge in [-0.25, -0.2) is 9.97 Å². The summed E-state index contributed by atoms with van der Waals surface area (Å²) >= 11 is 0. The van der Waals surface area contributed by atoms with Crippen molar-refractivity contribution in [2.45, 2.75) is 57.7 Å². The maximum atomic E-state index is 12.7. The van der Waals surface area contributed by atoms with Crippen molar-refractivity contribution in [1.82, 2.24) is 19.9 Å². The Morgan fingerprint density at radius 1 is 1.19 bits per heavy atom. The Balaban J connectivity index is 2.08. The molecule has 3 heterocycles. The van der Waals surface area contributed by atoms with E-state index >= 15 is 0 Å². The summed E-state index contributed by atoms with van der Waals surface area (Å²) in [5.41, 5.74) is 1.05. The van der Waals surface area contributed by atoms with Gasteiger partial charge in [-0.15, -0.1) is 0 Å². The monoisotopic (exact) mass is 286 g/mol. The predicted molar refractivity (Wildman–Crippen MR) is 83.4 cm³/mol. The molecule has 112 valence electrons. The van der Waals surface area contributed by atoms with Crippen LogP contribution in [0.5, 0.6) is 0 Å². The summed E-state index contributed by atoms with van der Waals surface area (Å²) in [5, 5.41) is 3.64. The highest BCUT2D eigenvalue weighted by atomic mass is 16.1. The molecule has 3 rings (SSSR count). The second-order valence-corrected chi connectivity index (χ2v) is 7.28. The van der Waals surface area contributed by atoms with E-state index in [9.17, 15) is 4.79 Å². The van der Waals surface area contributed by atoms with E-state index in [0.29, 0.717) is 11.0 Å². The fourth-order valence-corrected chi connectivity index (χ4v) is 3.69. The number of rotatable bonds is 1. The Kier molecular flexibility index (Phi) is 3.13. The SMILES string of the molecule is CC1(C)CC(n2cnc3cccnc3c2=O)CC(C)(C)N1. The number of nitrogens with zero attached hydrogens (tertiary/aromatic N) is 3. The Hall–Kier alpha value is -1.75. The van der Waals surface area contributed by atoms with Crippen molar-refractivity contribution in [3.8, 4) is 0 Å². The largest absolute Gasteiger partial charge is 0.307 e. The summed E-state index contributed by atoms with van der Waals surface area (Å²) in [6.45, 7) is 8.72. The molecule has 0 radical (unpaired) electrons. The minimum absolute atomic E-state index is 0.00900. The Labute approximate surface area is 124 Å². The normalized spacial score (nSPS) is 21.5. The van der Waals surface area contributed by atoms with E-state index in [-0.39, 0.29) is 22.7 Å². The van der Waals surface area contributed by atoms with Crippen molar-refractivity contribution in [2.24, 2.45) is 0 Å². The molecule has 1 aliphatic heterocycles. The lowest BCUT2D eigenvalue weighted by Crippen LogP contribution is -2.58. The van der Waals surface area contributed by atoms with Crippen LogP contribution in [0, 0.1) is 0 Å². The van der Waals surface area contributed by atoms with E-state index in [1.807, 2.05) is 6.07 Å². The van der Waals surface area contributed by atoms with Gasteiger partial charge in [0.25, 0.3) is 5.56 Å². The number of hydrogen-bond donors (Lipinski definition) is 1. The molecule has 0 unspecified atom stereocenters. The average Bonchev–Trinajstić information content (AvgIpc) is 2.35. The quantitative estimate of drug-likeness (QED) is 0.873. The molecule has 1 aliphatic rings. The molecule has 0 aliphatic carbocycles. The fourth-order valence-electron chi connectivity index (χ4n) is 3.69. The van der Waals surface area contributed by atoms with Gasteiger partial charge in [-0.2, -0.15) is 0 Å². The summed E-state index contributed by atoms with van der Waals surface area (Å²) in [7, 11) is 0. The number of hydrogen-bond acceptors (Lipinski definition) is 4. The van der Waals surface area contributed by atoms with Gasteiger partial charge >= 0.3 is 0 Å². The number of aromatic nitrogens is 3. The molecule has 0 aromatic carbocycles. The van der Waals surface area contributed by atoms with Gasteiger partial charge in [0.1, 0.15) is 0 Å². The molecule has 0 saturated carbocycles. The maximum Gasteiger partial charge on any atom is 0.280 e. The smallest absolute Gasteiger partial charge is 0.280 e. The molecule has 21 heavy (non-hydrogen) atoms. The van der Waals surface area contributed by atoms with Crippen molar-refractivity contribution < 1.29 is 0 Å². The molecule has 0 bridgehead atoms. The summed E-state index contributed by atoms with van der Waals surface area (Å²) in [6, 6.07) is 3.77. The second-order valence-electron chi connectivity index (χ2n) is 7.28. The minimum Gasteiger partial charge on any atom is -0.307 e. The van der Waals surface area contributed by atoms with Crippen LogP contribution in [-0.4, -0.2) is 25.6 Å². The van der Waals surface area contributed by atoms with Gasteiger partial charge in [-0.1, -0.05) is 0 Å². The lowest BCUT2D eigenvalue weighted by atomic mass is 9.79. The number of pyridine rings is 1. The number of nitrogens with one attached hydrogen (secondary N) is 1. The summed E-state index contributed by atoms with van der Waals surface area (Å²) in [6.07, 6.45) is 5.12. The van der Waals surface area contributed by atoms with E-state index in [1.54, 1.807) is 23.2 Å². The van der Waals surface area contributed by atoms with Gasteiger partial charge in [0.2, 0.25) is 0 Å². The fraction of sp³-hybridized carbons (Fsp3) is 0.562. The van der Waals surface area contributed by atoms with Gasteiger partial charge in [0.15, 0.2) is 5.52 Å². The van der Waals surface area contributed by atoms with Gasteiger partial charge < -0.3 is 5.32 Å². The standard InChI is InChI=1S/C16H22N4O/c1-15(2)8-11(9-16(3,4)19-15)20-10-18-12-6-5-7-17-13(12)14(20)21/h5-7,10-11,19H,8-9H2,1-4H3. The first kappa shape index (κ1) is 14.2. The van der Waals surface area contributed by atoms with Crippen LogP contribution >= 0.6 is 0 Å². The highest BCUT2D eigenvalue weighted by Crippen LogP contribution is 2.35. The van der Waals surface area contributed by atoms with Crippen LogP contribution in [-0.2, 0) is 0 Å². The van der Waals surface area contributed by atoms with Crippen LogP contribution in [0.1, 0.15) is 46.6 Å². The van der Waals surface area contributed by atoms with Gasteiger partial charge in [-0.05, 0) is 52.7 Å². The molecule has 0 spiro atoms. The van der Waals surface area contributed by atoms with Crippen molar-refractivity contribution in [1.29, 1.82) is 0 Å². The van der Waals surface area contributed by atoms with E-state index in [0.717, 1.165) is 12.8 Å². The molecule has 0 amide bonds. The van der Waals surface area contributed by atoms with Crippen molar-refractivity contribution in [3.63, 3.8) is 0 Å². The lowest BCUT2D eigenvalue weighted by molar-refractivity contribution is 0.130. The molecular formula is C16H22N4O. The van der Waals surface area contributed by atoms with E-state index in [1.165, 1.54) is 0 Å². The summed E-state index contributed by atoms with van der Waals surface area (Å²) in [5.74, 6) is 0. The maximum absolute atomic E-state index is 12.7. The van der Waals surface area contributed by atoms with Gasteiger partial charge in [0, 0.05) is 23.3 Å². The van der Waals surface area contributed by atoms with E-state index < -0.39 is 0 Å². The first-order valence-electron chi connectivity index (χ1n) is 7.39. The highest BCUT2D eigenvalue weighted by Gasteiger charge is 2.38. The minimum atomic E-state index is -0.0425. The van der Waals surface area contributed by atoms with Crippen LogP contribution in [0.2, 0.25) is 0 Å². The first-order valence-corrected chi connectivity index (χ1v) is 7.39. The van der Waals surface area contributed by atoms with Crippen LogP contribution in [0.3, 0.4) is 0 Å². The molecule has 1 fully saturated rings. The van der Waals surface area contributed by atoms with Crippen molar-refractivity contribution in [3.05, 3.63) is 35.0 Å². The van der Waals surface area contributed by atoms with Gasteiger partial charge in [-0.3, -0.25) is 9.36 Å². The molecule has 5 nitrogen and oxygen atoms in total. The Morgan fingerprint density at radius 2 is 1.86 bits per heavy atom. The molecule has 5 heteroatoms. The number of piperidine rings is 1. The molecule has 2 aromatic rings. The molecule has 1 N–H and O–H groups in total. The molecule has 0 atom stereocenters. The second kappa shape index (κ2) is 4.63. The zero-order valence-corrected chi connectivity index (χ0v) is 13.1. The first-order chi connectivity index (χ1) is 9.77. The third-order valence-electron chi connectivity index (χ3n) is 4.11. The topological polar surface area (TPSA) is 59.8 Å². The highest BCUT2D eigenvalue weighted by molar-refractivity contribution is 5.71. The lowest BCUT2D eigenvalue weighted by Gasteiger charge is -2.46. The zero-order valence-electron chi connectivity index (χ0n) is 13.1. The zero-order chi connectivity index (χ0) is 15.3. The van der Waals surface area contributed by atoms with E-state index in [4.69, 9.17) is 0 Å². The Bertz CT molecular complexity index is 716. The van der Waals surface area contributed by atoms with Gasteiger partial charge in [0.05, 0.1) is 11.8 Å². The molecule has 2 aromatic heterocycles.